The molecule has 0 heterocycles. The number of ether oxygens (including phenoxy) is 1. The van der Waals surface area contributed by atoms with Crippen LogP contribution in [0.25, 0.3) is 6.08 Å². The Morgan fingerprint density at radius 1 is 1.32 bits per heavy atom. The minimum Gasteiger partial charge on any atom is -0.478 e. The van der Waals surface area contributed by atoms with E-state index in [1.165, 1.54) is 12.1 Å². The van der Waals surface area contributed by atoms with E-state index in [0.717, 1.165) is 0 Å². The number of rotatable bonds is 5. The minimum atomic E-state index is -1.02. The predicted octanol–water partition coefficient (Wildman–Crippen LogP) is 3.97. The molecule has 0 saturated carbocycles. The molecule has 2 N–H and O–H groups in total. The van der Waals surface area contributed by atoms with E-state index in [9.17, 15) is 9.59 Å². The van der Waals surface area contributed by atoms with Crippen LogP contribution < -0.4 is 5.32 Å². The van der Waals surface area contributed by atoms with Crippen LogP contribution in [0.15, 0.2) is 24.3 Å². The van der Waals surface area contributed by atoms with Gasteiger partial charge in [-0.05, 0) is 51.0 Å². The smallest absolute Gasteiger partial charge is 0.407 e. The first kappa shape index (κ1) is 18.0. The van der Waals surface area contributed by atoms with E-state index >= 15 is 0 Å². The Morgan fingerprint density at radius 2 is 2.00 bits per heavy atom. The van der Waals surface area contributed by atoms with E-state index in [0.29, 0.717) is 23.6 Å². The fraction of sp³-hybridized carbons (Fsp3) is 0.375. The first-order valence-corrected chi connectivity index (χ1v) is 7.22. The quantitative estimate of drug-likeness (QED) is 0.803. The van der Waals surface area contributed by atoms with Crippen LogP contribution in [0.3, 0.4) is 0 Å². The molecule has 0 saturated heterocycles. The van der Waals surface area contributed by atoms with Crippen LogP contribution in [0.4, 0.5) is 4.79 Å². The third kappa shape index (κ3) is 7.13. The second-order valence-electron chi connectivity index (χ2n) is 5.70. The number of carboxylic acids is 1. The lowest BCUT2D eigenvalue weighted by molar-refractivity contribution is 0.0528. The van der Waals surface area contributed by atoms with Crippen LogP contribution in [0.2, 0.25) is 5.02 Å². The molecule has 1 amide bonds. The van der Waals surface area contributed by atoms with E-state index in [4.69, 9.17) is 21.4 Å². The molecule has 5 nitrogen and oxygen atoms in total. The summed E-state index contributed by atoms with van der Waals surface area (Å²) in [6.07, 6.45) is 3.72. The topological polar surface area (TPSA) is 75.6 Å². The summed E-state index contributed by atoms with van der Waals surface area (Å²) in [5, 5.41) is 12.0. The molecule has 0 atom stereocenters. The maximum absolute atomic E-state index is 11.4. The normalized spacial score (nSPS) is 11.5. The van der Waals surface area contributed by atoms with Gasteiger partial charge in [0.15, 0.2) is 0 Å². The standard InChI is InChI=1S/C16H20ClNO4/c1-16(2,3)22-15(21)18-7-5-4-6-11-8-12(14(19)20)10-13(17)9-11/h4,6,8-10H,5,7H2,1-3H3,(H,18,21)(H,19,20). The average molecular weight is 326 g/mol. The highest BCUT2D eigenvalue weighted by molar-refractivity contribution is 6.31. The van der Waals surface area contributed by atoms with Crippen molar-refractivity contribution in [2.45, 2.75) is 32.8 Å². The van der Waals surface area contributed by atoms with Crippen LogP contribution in [0.5, 0.6) is 0 Å². The second kappa shape index (κ2) is 7.84. The van der Waals surface area contributed by atoms with Crippen molar-refractivity contribution >= 4 is 29.7 Å². The molecule has 0 radical (unpaired) electrons. The number of halogens is 1. The number of carbonyl (C=O) groups excluding carboxylic acids is 1. The Balaban J connectivity index is 2.47. The van der Waals surface area contributed by atoms with Gasteiger partial charge >= 0.3 is 12.1 Å². The zero-order chi connectivity index (χ0) is 16.8. The van der Waals surface area contributed by atoms with E-state index in [1.54, 1.807) is 32.9 Å². The first-order chi connectivity index (χ1) is 10.2. The number of aromatic carboxylic acids is 1. The van der Waals surface area contributed by atoms with Gasteiger partial charge in [0.2, 0.25) is 0 Å². The Labute approximate surface area is 134 Å². The van der Waals surface area contributed by atoms with Gasteiger partial charge in [-0.15, -0.1) is 0 Å². The summed E-state index contributed by atoms with van der Waals surface area (Å²) in [6.45, 7) is 5.82. The van der Waals surface area contributed by atoms with Crippen molar-refractivity contribution in [1.82, 2.24) is 5.32 Å². The third-order valence-electron chi connectivity index (χ3n) is 2.46. The molecule has 0 spiro atoms. The molecular weight excluding hydrogens is 306 g/mol. The van der Waals surface area contributed by atoms with Crippen molar-refractivity contribution in [3.8, 4) is 0 Å². The molecule has 0 aromatic heterocycles. The summed E-state index contributed by atoms with van der Waals surface area (Å²) in [5.74, 6) is -1.02. The largest absolute Gasteiger partial charge is 0.478 e. The number of alkyl carbamates (subject to hydrolysis) is 1. The summed E-state index contributed by atoms with van der Waals surface area (Å²) in [4.78, 5) is 22.3. The van der Waals surface area contributed by atoms with E-state index in [-0.39, 0.29) is 5.56 Å². The van der Waals surface area contributed by atoms with Crippen molar-refractivity contribution in [3.05, 3.63) is 40.4 Å². The van der Waals surface area contributed by atoms with Gasteiger partial charge in [0.25, 0.3) is 0 Å². The molecular formula is C16H20ClNO4. The Morgan fingerprint density at radius 3 is 2.59 bits per heavy atom. The average Bonchev–Trinajstić information content (AvgIpc) is 2.35. The number of nitrogens with one attached hydrogen (secondary N) is 1. The lowest BCUT2D eigenvalue weighted by atomic mass is 10.1. The zero-order valence-electron chi connectivity index (χ0n) is 12.9. The van der Waals surface area contributed by atoms with Gasteiger partial charge in [0.1, 0.15) is 5.60 Å². The molecule has 0 aliphatic heterocycles. The first-order valence-electron chi connectivity index (χ1n) is 6.84. The molecule has 22 heavy (non-hydrogen) atoms. The van der Waals surface area contributed by atoms with Crippen molar-refractivity contribution in [1.29, 1.82) is 0 Å². The van der Waals surface area contributed by atoms with Gasteiger partial charge in [-0.1, -0.05) is 23.8 Å². The summed E-state index contributed by atoms with van der Waals surface area (Å²) in [7, 11) is 0. The lowest BCUT2D eigenvalue weighted by Gasteiger charge is -2.19. The number of benzene rings is 1. The number of carboxylic acid groups (broad SMARTS) is 1. The second-order valence-corrected chi connectivity index (χ2v) is 6.13. The van der Waals surface area contributed by atoms with Gasteiger partial charge in [-0.25, -0.2) is 9.59 Å². The summed E-state index contributed by atoms with van der Waals surface area (Å²) < 4.78 is 5.10. The number of hydrogen-bond donors (Lipinski definition) is 2. The molecule has 0 aliphatic carbocycles. The fourth-order valence-electron chi connectivity index (χ4n) is 1.62. The highest BCUT2D eigenvalue weighted by atomic mass is 35.5. The molecule has 0 bridgehead atoms. The SMILES string of the molecule is CC(C)(C)OC(=O)NCCC=Cc1cc(Cl)cc(C(=O)O)c1. The Kier molecular flexibility index (Phi) is 6.43. The van der Waals surface area contributed by atoms with Gasteiger partial charge < -0.3 is 15.2 Å². The van der Waals surface area contributed by atoms with Crippen molar-refractivity contribution in [3.63, 3.8) is 0 Å². The van der Waals surface area contributed by atoms with Gasteiger partial charge in [0, 0.05) is 11.6 Å². The Hall–Kier alpha value is -2.01. The van der Waals surface area contributed by atoms with E-state index in [1.807, 2.05) is 6.08 Å². The van der Waals surface area contributed by atoms with Crippen molar-refractivity contribution in [2.75, 3.05) is 6.54 Å². The van der Waals surface area contributed by atoms with Crippen LogP contribution >= 0.6 is 11.6 Å². The number of carbonyl (C=O) groups is 2. The summed E-state index contributed by atoms with van der Waals surface area (Å²) >= 11 is 5.87. The lowest BCUT2D eigenvalue weighted by Crippen LogP contribution is -2.32. The molecule has 1 rings (SSSR count). The van der Waals surface area contributed by atoms with Crippen molar-refractivity contribution < 1.29 is 19.4 Å². The molecule has 6 heteroatoms. The van der Waals surface area contributed by atoms with Gasteiger partial charge in [-0.3, -0.25) is 0 Å². The van der Waals surface area contributed by atoms with Crippen LogP contribution in [0, 0.1) is 0 Å². The molecule has 0 fully saturated rings. The van der Waals surface area contributed by atoms with E-state index in [2.05, 4.69) is 5.32 Å². The van der Waals surface area contributed by atoms with Crippen LogP contribution in [0.1, 0.15) is 43.1 Å². The van der Waals surface area contributed by atoms with Crippen molar-refractivity contribution in [2.24, 2.45) is 0 Å². The molecule has 1 aromatic rings. The maximum atomic E-state index is 11.4. The minimum absolute atomic E-state index is 0.138. The fourth-order valence-corrected chi connectivity index (χ4v) is 1.87. The molecule has 120 valence electrons. The molecule has 0 aliphatic rings. The van der Waals surface area contributed by atoms with E-state index < -0.39 is 17.7 Å². The summed E-state index contributed by atoms with van der Waals surface area (Å²) in [6, 6.07) is 4.60. The number of hydrogen-bond acceptors (Lipinski definition) is 3. The third-order valence-corrected chi connectivity index (χ3v) is 2.67. The Bertz CT molecular complexity index is 576. The predicted molar refractivity (Wildman–Crippen MR) is 86.3 cm³/mol. The summed E-state index contributed by atoms with van der Waals surface area (Å²) in [5.41, 5.74) is 0.315. The highest BCUT2D eigenvalue weighted by Gasteiger charge is 2.15. The van der Waals surface area contributed by atoms with Gasteiger partial charge in [0.05, 0.1) is 5.56 Å². The number of amides is 1. The van der Waals surface area contributed by atoms with Crippen LogP contribution in [-0.2, 0) is 4.74 Å². The molecule has 1 aromatic carbocycles. The van der Waals surface area contributed by atoms with Crippen LogP contribution in [-0.4, -0.2) is 29.3 Å². The van der Waals surface area contributed by atoms with Gasteiger partial charge in [-0.2, -0.15) is 0 Å². The zero-order valence-corrected chi connectivity index (χ0v) is 13.6. The maximum Gasteiger partial charge on any atom is 0.407 e. The monoisotopic (exact) mass is 325 g/mol. The molecule has 0 unspecified atom stereocenters. The highest BCUT2D eigenvalue weighted by Crippen LogP contribution is 2.16.